The molecule has 0 aliphatic carbocycles. The SMILES string of the molecule is CCCNC(c1cc(Cl)ccc1Cl)C(C)(C)N1CCCC1. The van der Waals surface area contributed by atoms with Crippen molar-refractivity contribution < 1.29 is 0 Å². The van der Waals surface area contributed by atoms with Gasteiger partial charge < -0.3 is 5.32 Å². The second-order valence-electron chi connectivity index (χ2n) is 6.40. The number of halogens is 2. The molecule has 0 aromatic heterocycles. The zero-order chi connectivity index (χ0) is 15.5. The lowest BCUT2D eigenvalue weighted by atomic mass is 9.86. The Hall–Kier alpha value is -0.280. The topological polar surface area (TPSA) is 15.3 Å². The Morgan fingerprint density at radius 1 is 1.24 bits per heavy atom. The summed E-state index contributed by atoms with van der Waals surface area (Å²) in [6.45, 7) is 10.1. The third-order valence-corrected chi connectivity index (χ3v) is 5.07. The largest absolute Gasteiger partial charge is 0.308 e. The van der Waals surface area contributed by atoms with Gasteiger partial charge in [0, 0.05) is 15.6 Å². The van der Waals surface area contributed by atoms with Crippen LogP contribution < -0.4 is 5.32 Å². The van der Waals surface area contributed by atoms with Crippen molar-refractivity contribution in [2.75, 3.05) is 19.6 Å². The van der Waals surface area contributed by atoms with Gasteiger partial charge in [0.05, 0.1) is 6.04 Å². The van der Waals surface area contributed by atoms with Crippen molar-refractivity contribution in [1.82, 2.24) is 10.2 Å². The van der Waals surface area contributed by atoms with Crippen molar-refractivity contribution in [2.24, 2.45) is 0 Å². The van der Waals surface area contributed by atoms with Crippen LogP contribution in [-0.2, 0) is 0 Å². The van der Waals surface area contributed by atoms with Gasteiger partial charge in [0.2, 0.25) is 0 Å². The summed E-state index contributed by atoms with van der Waals surface area (Å²) in [7, 11) is 0. The minimum absolute atomic E-state index is 0.0139. The van der Waals surface area contributed by atoms with Gasteiger partial charge in [0.15, 0.2) is 0 Å². The van der Waals surface area contributed by atoms with E-state index in [0.29, 0.717) is 0 Å². The molecule has 4 heteroatoms. The van der Waals surface area contributed by atoms with Gasteiger partial charge in [-0.15, -0.1) is 0 Å². The molecule has 1 N–H and O–H groups in total. The summed E-state index contributed by atoms with van der Waals surface area (Å²) >= 11 is 12.7. The van der Waals surface area contributed by atoms with Crippen molar-refractivity contribution in [1.29, 1.82) is 0 Å². The van der Waals surface area contributed by atoms with Gasteiger partial charge in [-0.25, -0.2) is 0 Å². The van der Waals surface area contributed by atoms with Gasteiger partial charge >= 0.3 is 0 Å². The standard InChI is InChI=1S/C17H26Cl2N2/c1-4-9-20-16(14-12-13(18)7-8-15(14)19)17(2,3)21-10-5-6-11-21/h7-8,12,16,20H,4-6,9-11H2,1-3H3. The summed E-state index contributed by atoms with van der Waals surface area (Å²) in [5.41, 5.74) is 1.12. The normalized spacial score (nSPS) is 18.1. The lowest BCUT2D eigenvalue weighted by molar-refractivity contribution is 0.107. The Morgan fingerprint density at radius 3 is 2.52 bits per heavy atom. The number of nitrogens with zero attached hydrogens (tertiary/aromatic N) is 1. The molecule has 1 aromatic carbocycles. The molecule has 1 aliphatic heterocycles. The Bertz CT molecular complexity index is 468. The van der Waals surface area contributed by atoms with Gasteiger partial charge in [-0.3, -0.25) is 4.90 Å². The Balaban J connectivity index is 2.34. The zero-order valence-electron chi connectivity index (χ0n) is 13.3. The highest BCUT2D eigenvalue weighted by Gasteiger charge is 2.38. The highest BCUT2D eigenvalue weighted by molar-refractivity contribution is 6.33. The van der Waals surface area contributed by atoms with Crippen molar-refractivity contribution >= 4 is 23.2 Å². The smallest absolute Gasteiger partial charge is 0.0517 e. The minimum atomic E-state index is 0.0139. The highest BCUT2D eigenvalue weighted by Crippen LogP contribution is 2.37. The van der Waals surface area contributed by atoms with Crippen LogP contribution in [0, 0.1) is 0 Å². The van der Waals surface area contributed by atoms with E-state index in [9.17, 15) is 0 Å². The first-order chi connectivity index (χ1) is 9.96. The van der Waals surface area contributed by atoms with E-state index >= 15 is 0 Å². The van der Waals surface area contributed by atoms with Crippen molar-refractivity contribution in [3.05, 3.63) is 33.8 Å². The Morgan fingerprint density at radius 2 is 1.90 bits per heavy atom. The van der Waals surface area contributed by atoms with Crippen LogP contribution in [-0.4, -0.2) is 30.1 Å². The summed E-state index contributed by atoms with van der Waals surface area (Å²) < 4.78 is 0. The second kappa shape index (κ2) is 7.32. The fourth-order valence-electron chi connectivity index (χ4n) is 3.24. The van der Waals surface area contributed by atoms with Crippen LogP contribution in [0.1, 0.15) is 51.6 Å². The van der Waals surface area contributed by atoms with Crippen molar-refractivity contribution in [3.63, 3.8) is 0 Å². The van der Waals surface area contributed by atoms with Gasteiger partial charge in [-0.1, -0.05) is 30.1 Å². The fourth-order valence-corrected chi connectivity index (χ4v) is 3.65. The van der Waals surface area contributed by atoms with E-state index in [0.717, 1.165) is 41.7 Å². The van der Waals surface area contributed by atoms with E-state index in [-0.39, 0.29) is 11.6 Å². The number of nitrogens with one attached hydrogen (secondary N) is 1. The van der Waals surface area contributed by atoms with Crippen molar-refractivity contribution in [3.8, 4) is 0 Å². The van der Waals surface area contributed by atoms with Crippen LogP contribution in [0.15, 0.2) is 18.2 Å². The van der Waals surface area contributed by atoms with E-state index in [2.05, 4.69) is 31.0 Å². The first-order valence-corrected chi connectivity index (χ1v) is 8.65. The molecule has 118 valence electrons. The third-order valence-electron chi connectivity index (χ3n) is 4.50. The first-order valence-electron chi connectivity index (χ1n) is 7.90. The molecule has 1 aliphatic rings. The molecule has 2 rings (SSSR count). The summed E-state index contributed by atoms with van der Waals surface area (Å²) in [5.74, 6) is 0. The maximum absolute atomic E-state index is 6.47. The van der Waals surface area contributed by atoms with E-state index in [1.807, 2.05) is 18.2 Å². The molecule has 1 unspecified atom stereocenters. The van der Waals surface area contributed by atoms with Gasteiger partial charge in [-0.05, 0) is 76.5 Å². The minimum Gasteiger partial charge on any atom is -0.308 e. The molecule has 21 heavy (non-hydrogen) atoms. The third kappa shape index (κ3) is 3.92. The number of hydrogen-bond acceptors (Lipinski definition) is 2. The summed E-state index contributed by atoms with van der Waals surface area (Å²) in [6.07, 6.45) is 3.67. The molecule has 1 atom stereocenters. The monoisotopic (exact) mass is 328 g/mol. The molecule has 0 spiro atoms. The summed E-state index contributed by atoms with van der Waals surface area (Å²) in [6, 6.07) is 5.95. The van der Waals surface area contributed by atoms with Crippen LogP contribution in [0.25, 0.3) is 0 Å². The zero-order valence-corrected chi connectivity index (χ0v) is 14.8. The van der Waals surface area contributed by atoms with Gasteiger partial charge in [0.1, 0.15) is 0 Å². The molecular weight excluding hydrogens is 303 g/mol. The predicted molar refractivity (Wildman–Crippen MR) is 92.4 cm³/mol. The lowest BCUT2D eigenvalue weighted by Gasteiger charge is -2.43. The molecule has 0 amide bonds. The van der Waals surface area contributed by atoms with Gasteiger partial charge in [0.25, 0.3) is 0 Å². The number of hydrogen-bond donors (Lipinski definition) is 1. The second-order valence-corrected chi connectivity index (χ2v) is 7.24. The summed E-state index contributed by atoms with van der Waals surface area (Å²) in [5, 5.41) is 5.22. The number of rotatable bonds is 6. The van der Waals surface area contributed by atoms with Gasteiger partial charge in [-0.2, -0.15) is 0 Å². The average Bonchev–Trinajstić information content (AvgIpc) is 2.97. The molecule has 1 aromatic rings. The maximum atomic E-state index is 6.47. The molecule has 1 saturated heterocycles. The number of likely N-dealkylation sites (tertiary alicyclic amines) is 1. The van der Waals surface area contributed by atoms with E-state index in [1.165, 1.54) is 12.8 Å². The lowest BCUT2D eigenvalue weighted by Crippen LogP contribution is -2.51. The molecule has 1 heterocycles. The molecular formula is C17H26Cl2N2. The van der Waals surface area contributed by atoms with Crippen LogP contribution in [0.4, 0.5) is 0 Å². The predicted octanol–water partition coefficient (Wildman–Crippen LogP) is 4.91. The maximum Gasteiger partial charge on any atom is 0.0517 e. The molecule has 0 saturated carbocycles. The van der Waals surface area contributed by atoms with Crippen LogP contribution >= 0.6 is 23.2 Å². The summed E-state index contributed by atoms with van der Waals surface area (Å²) in [4.78, 5) is 2.57. The average molecular weight is 329 g/mol. The Kier molecular flexibility index (Phi) is 5.96. The molecule has 1 fully saturated rings. The highest BCUT2D eigenvalue weighted by atomic mass is 35.5. The molecule has 2 nitrogen and oxygen atoms in total. The molecule has 0 radical (unpaired) electrons. The van der Waals surface area contributed by atoms with E-state index < -0.39 is 0 Å². The first kappa shape index (κ1) is 17.1. The van der Waals surface area contributed by atoms with Crippen LogP contribution in [0.2, 0.25) is 10.0 Å². The quantitative estimate of drug-likeness (QED) is 0.798. The molecule has 0 bridgehead atoms. The fraction of sp³-hybridized carbons (Fsp3) is 0.647. The van der Waals surface area contributed by atoms with E-state index in [1.54, 1.807) is 0 Å². The van der Waals surface area contributed by atoms with Crippen molar-refractivity contribution in [2.45, 2.75) is 51.6 Å². The van der Waals surface area contributed by atoms with Crippen LogP contribution in [0.5, 0.6) is 0 Å². The number of benzene rings is 1. The van der Waals surface area contributed by atoms with Crippen LogP contribution in [0.3, 0.4) is 0 Å². The van der Waals surface area contributed by atoms with E-state index in [4.69, 9.17) is 23.2 Å². The Labute approximate surface area is 138 Å².